The van der Waals surface area contributed by atoms with E-state index < -0.39 is 0 Å². The first-order chi connectivity index (χ1) is 11.6. The maximum absolute atomic E-state index is 13.0. The predicted octanol–water partition coefficient (Wildman–Crippen LogP) is 2.01. The number of likely N-dealkylation sites (tertiary alicyclic amines) is 1. The van der Waals surface area contributed by atoms with Crippen molar-refractivity contribution in [3.63, 3.8) is 0 Å². The molecule has 2 aliphatic heterocycles. The van der Waals surface area contributed by atoms with E-state index in [4.69, 9.17) is 0 Å². The van der Waals surface area contributed by atoms with E-state index in [1.54, 1.807) is 6.08 Å². The summed E-state index contributed by atoms with van der Waals surface area (Å²) in [7, 11) is 0. The van der Waals surface area contributed by atoms with Gasteiger partial charge in [0.05, 0.1) is 5.69 Å². The Bertz CT molecular complexity index is 650. The smallest absolute Gasteiger partial charge is 0.287 e. The van der Waals surface area contributed by atoms with E-state index in [-0.39, 0.29) is 11.8 Å². The van der Waals surface area contributed by atoms with Gasteiger partial charge in [0.1, 0.15) is 5.69 Å². The van der Waals surface area contributed by atoms with Gasteiger partial charge in [-0.1, -0.05) is 13.0 Å². The van der Waals surface area contributed by atoms with Gasteiger partial charge in [-0.3, -0.25) is 9.59 Å². The van der Waals surface area contributed by atoms with Crippen LogP contribution in [0.2, 0.25) is 0 Å². The van der Waals surface area contributed by atoms with Crippen LogP contribution in [0.25, 0.3) is 0 Å². The van der Waals surface area contributed by atoms with E-state index in [9.17, 15) is 9.59 Å². The molecule has 1 N–H and O–H groups in total. The number of amides is 2. The number of hydrogen-bond donors (Lipinski definition) is 1. The van der Waals surface area contributed by atoms with Crippen molar-refractivity contribution in [2.75, 3.05) is 19.6 Å². The van der Waals surface area contributed by atoms with Gasteiger partial charge in [0.2, 0.25) is 0 Å². The van der Waals surface area contributed by atoms with Gasteiger partial charge in [0.15, 0.2) is 5.82 Å². The fraction of sp³-hybridized carbons (Fsp3) is 0.611. The number of carbonyl (C=O) groups is 2. The van der Waals surface area contributed by atoms with E-state index in [1.807, 2.05) is 9.47 Å². The Hall–Kier alpha value is -2.11. The van der Waals surface area contributed by atoms with E-state index in [2.05, 4.69) is 23.8 Å². The lowest BCUT2D eigenvalue weighted by Gasteiger charge is -2.30. The molecule has 0 spiro atoms. The molecule has 3 rings (SSSR count). The number of nitrogens with zero attached hydrogens (tertiary/aromatic N) is 3. The van der Waals surface area contributed by atoms with Crippen LogP contribution < -0.4 is 5.32 Å². The van der Waals surface area contributed by atoms with E-state index in [0.717, 1.165) is 51.0 Å². The van der Waals surface area contributed by atoms with Gasteiger partial charge in [-0.05, 0) is 38.0 Å². The van der Waals surface area contributed by atoms with Crippen LogP contribution in [-0.4, -0.2) is 45.9 Å². The minimum atomic E-state index is -0.232. The van der Waals surface area contributed by atoms with Gasteiger partial charge in [-0.25, -0.2) is 4.98 Å². The van der Waals surface area contributed by atoms with Crippen LogP contribution in [0.3, 0.4) is 0 Å². The molecule has 0 bridgehead atoms. The first kappa shape index (κ1) is 16.7. The van der Waals surface area contributed by atoms with Crippen molar-refractivity contribution in [2.45, 2.75) is 45.6 Å². The number of rotatable bonds is 4. The number of nitrogens with one attached hydrogen (secondary N) is 1. The van der Waals surface area contributed by atoms with Crippen LogP contribution >= 0.6 is 0 Å². The third-order valence-corrected chi connectivity index (χ3v) is 4.87. The molecule has 1 aromatic heterocycles. The topological polar surface area (TPSA) is 67.2 Å². The second-order valence-electron chi connectivity index (χ2n) is 6.84. The molecule has 1 saturated heterocycles. The number of imidazole rings is 1. The van der Waals surface area contributed by atoms with Crippen molar-refractivity contribution < 1.29 is 9.59 Å². The Morgan fingerprint density at radius 1 is 1.33 bits per heavy atom. The molecule has 0 aliphatic carbocycles. The van der Waals surface area contributed by atoms with E-state index in [1.165, 1.54) is 6.42 Å². The molecule has 2 aliphatic rings. The zero-order valence-corrected chi connectivity index (χ0v) is 14.4. The second kappa shape index (κ2) is 7.20. The lowest BCUT2D eigenvalue weighted by molar-refractivity contribution is 0.0676. The van der Waals surface area contributed by atoms with Gasteiger partial charge in [-0.2, -0.15) is 0 Å². The Morgan fingerprint density at radius 3 is 2.92 bits per heavy atom. The largest absolute Gasteiger partial charge is 0.346 e. The summed E-state index contributed by atoms with van der Waals surface area (Å²) in [5.41, 5.74) is 1.40. The summed E-state index contributed by atoms with van der Waals surface area (Å²) in [6.45, 7) is 8.51. The Morgan fingerprint density at radius 2 is 2.17 bits per heavy atom. The summed E-state index contributed by atoms with van der Waals surface area (Å²) in [5.74, 6) is 0.635. The average Bonchev–Trinajstić information content (AvgIpc) is 2.99. The molecule has 0 aromatic carbocycles. The lowest BCUT2D eigenvalue weighted by Crippen LogP contribution is -2.39. The molecule has 0 radical (unpaired) electrons. The molecule has 1 unspecified atom stereocenters. The average molecular weight is 330 g/mol. The van der Waals surface area contributed by atoms with Gasteiger partial charge >= 0.3 is 0 Å². The summed E-state index contributed by atoms with van der Waals surface area (Å²) in [4.78, 5) is 31.7. The number of carbonyl (C=O) groups excluding carboxylic acids is 2. The summed E-state index contributed by atoms with van der Waals surface area (Å²) in [6.07, 6.45) is 6.71. The van der Waals surface area contributed by atoms with Gasteiger partial charge in [-0.15, -0.1) is 6.58 Å². The fourth-order valence-electron chi connectivity index (χ4n) is 3.66. The molecule has 0 saturated carbocycles. The van der Waals surface area contributed by atoms with Crippen LogP contribution in [0, 0.1) is 5.92 Å². The Kier molecular flexibility index (Phi) is 5.02. The molecule has 1 atom stereocenters. The second-order valence-corrected chi connectivity index (χ2v) is 6.84. The molecular weight excluding hydrogens is 304 g/mol. The fourth-order valence-corrected chi connectivity index (χ4v) is 3.66. The Balaban J connectivity index is 1.90. The number of hydrogen-bond acceptors (Lipinski definition) is 3. The number of fused-ring (bicyclic) bond motifs is 1. The van der Waals surface area contributed by atoms with E-state index in [0.29, 0.717) is 24.0 Å². The van der Waals surface area contributed by atoms with Gasteiger partial charge in [0.25, 0.3) is 11.8 Å². The molecule has 24 heavy (non-hydrogen) atoms. The van der Waals surface area contributed by atoms with Crippen molar-refractivity contribution in [2.24, 2.45) is 5.92 Å². The first-order valence-electron chi connectivity index (χ1n) is 8.89. The Labute approximate surface area is 142 Å². The van der Waals surface area contributed by atoms with Gasteiger partial charge in [0, 0.05) is 26.2 Å². The summed E-state index contributed by atoms with van der Waals surface area (Å²) in [5, 5.41) is 2.77. The molecule has 6 heteroatoms. The summed E-state index contributed by atoms with van der Waals surface area (Å²) < 4.78 is 1.93. The van der Waals surface area contributed by atoms with Crippen LogP contribution in [0.1, 0.15) is 59.4 Å². The van der Waals surface area contributed by atoms with Crippen LogP contribution in [0.15, 0.2) is 12.7 Å². The van der Waals surface area contributed by atoms with Crippen molar-refractivity contribution in [1.29, 1.82) is 0 Å². The van der Waals surface area contributed by atoms with Crippen molar-refractivity contribution >= 4 is 11.8 Å². The third kappa shape index (κ3) is 3.23. The highest BCUT2D eigenvalue weighted by Gasteiger charge is 2.31. The molecule has 1 fully saturated rings. The van der Waals surface area contributed by atoms with Crippen molar-refractivity contribution in [3.05, 3.63) is 29.9 Å². The maximum atomic E-state index is 13.0. The van der Waals surface area contributed by atoms with Crippen LogP contribution in [0.4, 0.5) is 0 Å². The highest BCUT2D eigenvalue weighted by molar-refractivity contribution is 5.97. The number of piperidine rings is 1. The summed E-state index contributed by atoms with van der Waals surface area (Å²) in [6, 6.07) is 0. The van der Waals surface area contributed by atoms with Crippen LogP contribution in [0.5, 0.6) is 0 Å². The lowest BCUT2D eigenvalue weighted by atomic mass is 9.99. The van der Waals surface area contributed by atoms with Gasteiger partial charge < -0.3 is 14.8 Å². The van der Waals surface area contributed by atoms with Crippen LogP contribution in [-0.2, 0) is 13.0 Å². The molecule has 3 heterocycles. The minimum Gasteiger partial charge on any atom is -0.346 e. The molecule has 6 nitrogen and oxygen atoms in total. The molecule has 1 aromatic rings. The normalized spacial score (nSPS) is 20.4. The quantitative estimate of drug-likeness (QED) is 0.859. The third-order valence-electron chi connectivity index (χ3n) is 4.87. The standard InChI is InChI=1S/C18H26N4O2/c1-3-9-19-17(23)16-20-15(14-8-4-5-11-22(14)16)18(24)21-10-6-7-13(2)12-21/h3,13H,1,4-12H2,2H3,(H,19,23). The molecule has 130 valence electrons. The monoisotopic (exact) mass is 330 g/mol. The van der Waals surface area contributed by atoms with Crippen molar-refractivity contribution in [1.82, 2.24) is 19.8 Å². The summed E-state index contributed by atoms with van der Waals surface area (Å²) >= 11 is 0. The SMILES string of the molecule is C=CCNC(=O)c1nc(C(=O)N2CCCC(C)C2)c2n1CCCC2. The zero-order chi connectivity index (χ0) is 17.1. The maximum Gasteiger partial charge on any atom is 0.287 e. The predicted molar refractivity (Wildman–Crippen MR) is 92.0 cm³/mol. The minimum absolute atomic E-state index is 0.0185. The van der Waals surface area contributed by atoms with E-state index >= 15 is 0 Å². The first-order valence-corrected chi connectivity index (χ1v) is 8.89. The zero-order valence-electron chi connectivity index (χ0n) is 14.4. The highest BCUT2D eigenvalue weighted by atomic mass is 16.2. The molecular formula is C18H26N4O2. The number of aromatic nitrogens is 2. The molecule has 2 amide bonds. The van der Waals surface area contributed by atoms with Crippen molar-refractivity contribution in [3.8, 4) is 0 Å². The highest BCUT2D eigenvalue weighted by Crippen LogP contribution is 2.24.